The van der Waals surface area contributed by atoms with Crippen LogP contribution in [0.3, 0.4) is 0 Å². The average molecular weight is 248 g/mol. The van der Waals surface area contributed by atoms with Gasteiger partial charge in [-0.05, 0) is 30.9 Å². The van der Waals surface area contributed by atoms with Crippen molar-refractivity contribution in [2.24, 2.45) is 0 Å². The molecule has 4 nitrogen and oxygen atoms in total. The number of carbonyl (C=O) groups is 1. The number of hydrogen-bond acceptors (Lipinski definition) is 2. The van der Waals surface area contributed by atoms with Crippen LogP contribution in [-0.4, -0.2) is 35.2 Å². The molecule has 1 aromatic rings. The van der Waals surface area contributed by atoms with Crippen LogP contribution in [0.25, 0.3) is 0 Å². The van der Waals surface area contributed by atoms with Crippen molar-refractivity contribution in [3.63, 3.8) is 0 Å². The second-order valence-corrected chi connectivity index (χ2v) is 4.83. The molecule has 0 aliphatic carbocycles. The fraction of sp³-hybridized carbons (Fsp3) is 0.500. The largest absolute Gasteiger partial charge is 0.391 e. The van der Waals surface area contributed by atoms with Gasteiger partial charge in [0.2, 0.25) is 0 Å². The van der Waals surface area contributed by atoms with Crippen LogP contribution >= 0.6 is 0 Å². The second-order valence-electron chi connectivity index (χ2n) is 4.83. The van der Waals surface area contributed by atoms with E-state index in [0.29, 0.717) is 13.1 Å². The summed E-state index contributed by atoms with van der Waals surface area (Å²) < 4.78 is 0. The minimum absolute atomic E-state index is 0.0861. The molecule has 0 saturated carbocycles. The van der Waals surface area contributed by atoms with E-state index in [0.717, 1.165) is 24.9 Å². The molecule has 1 unspecified atom stereocenters. The predicted octanol–water partition coefficient (Wildman–Crippen LogP) is 1.66. The molecule has 0 bridgehead atoms. The van der Waals surface area contributed by atoms with Crippen LogP contribution in [-0.2, 0) is 6.54 Å². The van der Waals surface area contributed by atoms with Crippen molar-refractivity contribution in [3.05, 3.63) is 35.4 Å². The first-order valence-corrected chi connectivity index (χ1v) is 6.42. The highest BCUT2D eigenvalue weighted by Crippen LogP contribution is 2.10. The maximum Gasteiger partial charge on any atom is 0.317 e. The Bertz CT molecular complexity index is 420. The van der Waals surface area contributed by atoms with Crippen molar-refractivity contribution in [2.45, 2.75) is 32.4 Å². The molecule has 0 radical (unpaired) electrons. The minimum Gasteiger partial charge on any atom is -0.391 e. The van der Waals surface area contributed by atoms with Gasteiger partial charge in [-0.3, -0.25) is 0 Å². The summed E-state index contributed by atoms with van der Waals surface area (Å²) >= 11 is 0. The third-order valence-corrected chi connectivity index (χ3v) is 3.38. The molecule has 2 rings (SSSR count). The van der Waals surface area contributed by atoms with Gasteiger partial charge in [-0.15, -0.1) is 0 Å². The number of likely N-dealkylation sites (tertiary alicyclic amines) is 1. The number of nitrogens with zero attached hydrogens (tertiary/aromatic N) is 1. The molecule has 2 amide bonds. The van der Waals surface area contributed by atoms with Crippen molar-refractivity contribution in [3.8, 4) is 0 Å². The molecular weight excluding hydrogens is 228 g/mol. The third-order valence-electron chi connectivity index (χ3n) is 3.38. The van der Waals surface area contributed by atoms with Gasteiger partial charge in [0.05, 0.1) is 6.10 Å². The van der Waals surface area contributed by atoms with Gasteiger partial charge >= 0.3 is 6.03 Å². The molecule has 1 saturated heterocycles. The highest BCUT2D eigenvalue weighted by atomic mass is 16.3. The van der Waals surface area contributed by atoms with E-state index >= 15 is 0 Å². The van der Waals surface area contributed by atoms with Gasteiger partial charge in [0.15, 0.2) is 0 Å². The summed E-state index contributed by atoms with van der Waals surface area (Å²) in [6.45, 7) is 3.75. The van der Waals surface area contributed by atoms with Crippen molar-refractivity contribution >= 4 is 6.03 Å². The number of rotatable bonds is 2. The van der Waals surface area contributed by atoms with E-state index in [9.17, 15) is 9.90 Å². The fourth-order valence-electron chi connectivity index (χ4n) is 2.23. The molecule has 1 heterocycles. The van der Waals surface area contributed by atoms with E-state index < -0.39 is 0 Å². The third kappa shape index (κ3) is 3.23. The van der Waals surface area contributed by atoms with Crippen molar-refractivity contribution in [1.29, 1.82) is 0 Å². The Morgan fingerprint density at radius 3 is 3.00 bits per heavy atom. The Morgan fingerprint density at radius 2 is 2.28 bits per heavy atom. The average Bonchev–Trinajstić information content (AvgIpc) is 2.37. The number of aliphatic hydroxyl groups excluding tert-OH is 1. The lowest BCUT2D eigenvalue weighted by molar-refractivity contribution is 0.0842. The summed E-state index contributed by atoms with van der Waals surface area (Å²) in [7, 11) is 0. The number of amides is 2. The van der Waals surface area contributed by atoms with Gasteiger partial charge < -0.3 is 15.3 Å². The molecule has 0 spiro atoms. The lowest BCUT2D eigenvalue weighted by atomic mass is 10.1. The summed E-state index contributed by atoms with van der Waals surface area (Å²) in [5, 5.41) is 12.4. The first kappa shape index (κ1) is 12.9. The highest BCUT2D eigenvalue weighted by molar-refractivity contribution is 5.74. The van der Waals surface area contributed by atoms with E-state index in [1.807, 2.05) is 31.2 Å². The van der Waals surface area contributed by atoms with E-state index in [1.54, 1.807) is 4.90 Å². The smallest absolute Gasteiger partial charge is 0.317 e. The molecule has 2 N–H and O–H groups in total. The Labute approximate surface area is 108 Å². The number of benzene rings is 1. The maximum atomic E-state index is 11.9. The van der Waals surface area contributed by atoms with Crippen LogP contribution in [0.4, 0.5) is 4.79 Å². The van der Waals surface area contributed by atoms with Gasteiger partial charge in [0.25, 0.3) is 0 Å². The number of hydrogen-bond donors (Lipinski definition) is 2. The van der Waals surface area contributed by atoms with Crippen molar-refractivity contribution in [2.75, 3.05) is 13.1 Å². The SMILES string of the molecule is Cc1ccccc1CNC(=O)N1CCCC(O)C1. The van der Waals surface area contributed by atoms with E-state index in [-0.39, 0.29) is 12.1 Å². The van der Waals surface area contributed by atoms with Gasteiger partial charge in [-0.25, -0.2) is 4.79 Å². The lowest BCUT2D eigenvalue weighted by Gasteiger charge is -2.30. The van der Waals surface area contributed by atoms with Crippen LogP contribution in [0.1, 0.15) is 24.0 Å². The number of aryl methyl sites for hydroxylation is 1. The van der Waals surface area contributed by atoms with Crippen LogP contribution in [0, 0.1) is 6.92 Å². The molecule has 4 heteroatoms. The Hall–Kier alpha value is -1.55. The number of urea groups is 1. The molecule has 18 heavy (non-hydrogen) atoms. The minimum atomic E-state index is -0.372. The maximum absolute atomic E-state index is 11.9. The highest BCUT2D eigenvalue weighted by Gasteiger charge is 2.21. The van der Waals surface area contributed by atoms with E-state index in [1.165, 1.54) is 5.56 Å². The zero-order valence-corrected chi connectivity index (χ0v) is 10.7. The summed E-state index contributed by atoms with van der Waals surface area (Å²) in [4.78, 5) is 13.6. The number of carbonyl (C=O) groups excluding carboxylic acids is 1. The fourth-order valence-corrected chi connectivity index (χ4v) is 2.23. The molecule has 1 atom stereocenters. The lowest BCUT2D eigenvalue weighted by Crippen LogP contribution is -2.46. The number of β-amino-alcohol motifs (C(OH)–C–C–N with tert-alkyl or cyclic N) is 1. The van der Waals surface area contributed by atoms with Gasteiger partial charge in [0.1, 0.15) is 0 Å². The Balaban J connectivity index is 1.86. The Morgan fingerprint density at radius 1 is 1.50 bits per heavy atom. The standard InChI is InChI=1S/C14H20N2O2/c1-11-5-2-3-6-12(11)9-15-14(18)16-8-4-7-13(17)10-16/h2-3,5-6,13,17H,4,7-10H2,1H3,(H,15,18). The zero-order chi connectivity index (χ0) is 13.0. The zero-order valence-electron chi connectivity index (χ0n) is 10.7. The van der Waals surface area contributed by atoms with Crippen LogP contribution in [0.2, 0.25) is 0 Å². The summed E-state index contributed by atoms with van der Waals surface area (Å²) in [5.74, 6) is 0. The summed E-state index contributed by atoms with van der Waals surface area (Å²) in [6, 6.07) is 7.92. The first-order chi connectivity index (χ1) is 8.66. The van der Waals surface area contributed by atoms with Crippen LogP contribution in [0.5, 0.6) is 0 Å². The second kappa shape index (κ2) is 5.87. The monoisotopic (exact) mass is 248 g/mol. The van der Waals surface area contributed by atoms with Gasteiger partial charge in [-0.1, -0.05) is 24.3 Å². The van der Waals surface area contributed by atoms with Crippen LogP contribution < -0.4 is 5.32 Å². The van der Waals surface area contributed by atoms with Crippen molar-refractivity contribution in [1.82, 2.24) is 10.2 Å². The van der Waals surface area contributed by atoms with Gasteiger partial charge in [-0.2, -0.15) is 0 Å². The van der Waals surface area contributed by atoms with E-state index in [4.69, 9.17) is 0 Å². The Kier molecular flexibility index (Phi) is 4.20. The molecule has 1 aliphatic heterocycles. The predicted molar refractivity (Wildman–Crippen MR) is 70.2 cm³/mol. The first-order valence-electron chi connectivity index (χ1n) is 6.42. The molecule has 98 valence electrons. The normalized spacial score (nSPS) is 19.7. The van der Waals surface area contributed by atoms with Crippen molar-refractivity contribution < 1.29 is 9.90 Å². The number of piperidine rings is 1. The van der Waals surface area contributed by atoms with Gasteiger partial charge in [0, 0.05) is 19.6 Å². The summed E-state index contributed by atoms with van der Waals surface area (Å²) in [5.41, 5.74) is 2.31. The number of nitrogens with one attached hydrogen (secondary N) is 1. The molecule has 1 aliphatic rings. The molecule has 0 aromatic heterocycles. The topological polar surface area (TPSA) is 52.6 Å². The number of aliphatic hydroxyl groups is 1. The molecular formula is C14H20N2O2. The molecule has 1 fully saturated rings. The quantitative estimate of drug-likeness (QED) is 0.836. The molecule has 1 aromatic carbocycles. The summed E-state index contributed by atoms with van der Waals surface area (Å²) in [6.07, 6.45) is 1.29. The van der Waals surface area contributed by atoms with E-state index in [2.05, 4.69) is 5.32 Å². The van der Waals surface area contributed by atoms with Crippen LogP contribution in [0.15, 0.2) is 24.3 Å².